The fourth-order valence-electron chi connectivity index (χ4n) is 3.21. The van der Waals surface area contributed by atoms with Gasteiger partial charge in [0.25, 0.3) is 0 Å². The smallest absolute Gasteiger partial charge is 0.303 e. The molecule has 1 aliphatic heterocycles. The Balaban J connectivity index is 1.65. The van der Waals surface area contributed by atoms with Gasteiger partial charge in [-0.2, -0.15) is 0 Å². The Morgan fingerprint density at radius 3 is 2.65 bits per heavy atom. The van der Waals surface area contributed by atoms with Gasteiger partial charge in [0.2, 0.25) is 0 Å². The highest BCUT2D eigenvalue weighted by Gasteiger charge is 2.18. The summed E-state index contributed by atoms with van der Waals surface area (Å²) in [6, 6.07) is 7.94. The normalized spacial score (nSPS) is 14.7. The minimum absolute atomic E-state index is 0.140. The summed E-state index contributed by atoms with van der Waals surface area (Å²) in [5.41, 5.74) is 3.82. The molecule has 0 atom stereocenters. The van der Waals surface area contributed by atoms with Crippen LogP contribution in [0.25, 0.3) is 16.9 Å². The van der Waals surface area contributed by atoms with E-state index in [-0.39, 0.29) is 6.42 Å². The molecule has 0 bridgehead atoms. The van der Waals surface area contributed by atoms with Gasteiger partial charge < -0.3 is 14.7 Å². The van der Waals surface area contributed by atoms with E-state index >= 15 is 0 Å². The molecule has 3 heterocycles. The minimum Gasteiger partial charge on any atom is -0.481 e. The van der Waals surface area contributed by atoms with Gasteiger partial charge in [0.15, 0.2) is 11.5 Å². The van der Waals surface area contributed by atoms with Crippen molar-refractivity contribution in [1.29, 1.82) is 0 Å². The Hall–Kier alpha value is -2.93. The second kappa shape index (κ2) is 7.13. The molecule has 26 heavy (non-hydrogen) atoms. The first-order valence-corrected chi connectivity index (χ1v) is 8.68. The highest BCUT2D eigenvalue weighted by Crippen LogP contribution is 2.26. The topological polar surface area (TPSA) is 80.0 Å². The molecule has 7 heteroatoms. The third-order valence-corrected chi connectivity index (χ3v) is 4.60. The van der Waals surface area contributed by atoms with Crippen molar-refractivity contribution in [3.05, 3.63) is 48.4 Å². The lowest BCUT2D eigenvalue weighted by molar-refractivity contribution is -0.136. The molecule has 1 aliphatic rings. The molecule has 2 aromatic heterocycles. The number of rotatable bonds is 5. The zero-order valence-electron chi connectivity index (χ0n) is 14.3. The molecule has 0 saturated carbocycles. The van der Waals surface area contributed by atoms with E-state index in [9.17, 15) is 4.79 Å². The van der Waals surface area contributed by atoms with Crippen LogP contribution in [0.1, 0.15) is 12.0 Å². The van der Waals surface area contributed by atoms with Crippen LogP contribution in [0, 0.1) is 0 Å². The van der Waals surface area contributed by atoms with E-state index in [1.54, 1.807) is 6.20 Å². The molecule has 134 valence electrons. The van der Waals surface area contributed by atoms with Gasteiger partial charge in [0, 0.05) is 37.5 Å². The Bertz CT molecular complexity index is 914. The maximum atomic E-state index is 10.7. The monoisotopic (exact) mass is 352 g/mol. The summed E-state index contributed by atoms with van der Waals surface area (Å²) in [5, 5.41) is 8.81. The van der Waals surface area contributed by atoms with Gasteiger partial charge >= 0.3 is 5.97 Å². The second-order valence-corrected chi connectivity index (χ2v) is 6.28. The Morgan fingerprint density at radius 2 is 1.92 bits per heavy atom. The summed E-state index contributed by atoms with van der Waals surface area (Å²) >= 11 is 0. The van der Waals surface area contributed by atoms with Crippen molar-refractivity contribution < 1.29 is 14.6 Å². The van der Waals surface area contributed by atoms with Gasteiger partial charge in [-0.3, -0.25) is 9.20 Å². The number of aliphatic carboxylic acids is 1. The molecule has 3 aromatic rings. The molecular formula is C19H20N4O3. The number of hydrogen-bond donors (Lipinski definition) is 1. The van der Waals surface area contributed by atoms with Crippen molar-refractivity contribution in [1.82, 2.24) is 14.4 Å². The van der Waals surface area contributed by atoms with E-state index in [2.05, 4.69) is 14.9 Å². The zero-order valence-corrected chi connectivity index (χ0v) is 14.3. The van der Waals surface area contributed by atoms with Crippen LogP contribution in [0.4, 0.5) is 5.82 Å². The zero-order chi connectivity index (χ0) is 17.9. The van der Waals surface area contributed by atoms with Gasteiger partial charge in [-0.05, 0) is 12.0 Å². The average molecular weight is 352 g/mol. The van der Waals surface area contributed by atoms with Gasteiger partial charge in [0.1, 0.15) is 0 Å². The van der Waals surface area contributed by atoms with Gasteiger partial charge in [-0.1, -0.05) is 24.3 Å². The van der Waals surface area contributed by atoms with Crippen molar-refractivity contribution in [2.75, 3.05) is 31.2 Å². The third kappa shape index (κ3) is 3.25. The first-order valence-electron chi connectivity index (χ1n) is 8.68. The van der Waals surface area contributed by atoms with Crippen LogP contribution in [0.3, 0.4) is 0 Å². The lowest BCUT2D eigenvalue weighted by atomic mass is 10.1. The lowest BCUT2D eigenvalue weighted by Crippen LogP contribution is -2.37. The molecule has 0 spiro atoms. The number of anilines is 1. The Labute approximate surface area is 150 Å². The largest absolute Gasteiger partial charge is 0.481 e. The number of carbonyl (C=O) groups is 1. The van der Waals surface area contributed by atoms with Crippen LogP contribution >= 0.6 is 0 Å². The quantitative estimate of drug-likeness (QED) is 0.759. The van der Waals surface area contributed by atoms with Gasteiger partial charge in [-0.15, -0.1) is 0 Å². The van der Waals surface area contributed by atoms with Crippen LogP contribution < -0.4 is 4.90 Å². The summed E-state index contributed by atoms with van der Waals surface area (Å²) in [5.74, 6) is 0.0947. The predicted octanol–water partition coefficient (Wildman–Crippen LogP) is 2.25. The minimum atomic E-state index is -0.780. The van der Waals surface area contributed by atoms with Gasteiger partial charge in [0.05, 0.1) is 25.1 Å². The van der Waals surface area contributed by atoms with Crippen LogP contribution in [-0.4, -0.2) is 51.7 Å². The Kier molecular flexibility index (Phi) is 4.53. The number of benzene rings is 1. The molecular weight excluding hydrogens is 332 g/mol. The van der Waals surface area contributed by atoms with E-state index in [0.29, 0.717) is 19.6 Å². The number of hydrogen-bond acceptors (Lipinski definition) is 5. The number of aryl methyl sites for hydroxylation is 1. The van der Waals surface area contributed by atoms with E-state index < -0.39 is 5.97 Å². The van der Waals surface area contributed by atoms with Crippen molar-refractivity contribution >= 4 is 17.4 Å². The molecule has 1 N–H and O–H groups in total. The lowest BCUT2D eigenvalue weighted by Gasteiger charge is -2.28. The van der Waals surface area contributed by atoms with Crippen molar-refractivity contribution in [2.24, 2.45) is 0 Å². The number of carboxylic acids is 1. The number of carboxylic acid groups (broad SMARTS) is 1. The second-order valence-electron chi connectivity index (χ2n) is 6.28. The fraction of sp³-hybridized carbons (Fsp3) is 0.316. The van der Waals surface area contributed by atoms with Crippen molar-refractivity contribution in [2.45, 2.75) is 12.8 Å². The molecule has 0 unspecified atom stereocenters. The summed E-state index contributed by atoms with van der Waals surface area (Å²) in [7, 11) is 0. The summed E-state index contributed by atoms with van der Waals surface area (Å²) in [6.07, 6.45) is 6.26. The number of aromatic nitrogens is 3. The fourth-order valence-corrected chi connectivity index (χ4v) is 3.21. The SMILES string of the molecule is O=C(O)CCc1ccc(-c2cnc(N3CCOCC3)c3nccn23)cc1. The highest BCUT2D eigenvalue weighted by molar-refractivity contribution is 5.71. The van der Waals surface area contributed by atoms with E-state index in [1.165, 1.54) is 0 Å². The first-order chi connectivity index (χ1) is 12.7. The predicted molar refractivity (Wildman–Crippen MR) is 97.4 cm³/mol. The summed E-state index contributed by atoms with van der Waals surface area (Å²) in [6.45, 7) is 3.03. The van der Waals surface area contributed by atoms with Crippen LogP contribution in [0.5, 0.6) is 0 Å². The highest BCUT2D eigenvalue weighted by atomic mass is 16.5. The number of ether oxygens (including phenoxy) is 1. The first kappa shape index (κ1) is 16.5. The summed E-state index contributed by atoms with van der Waals surface area (Å²) in [4.78, 5) is 22.1. The van der Waals surface area contributed by atoms with Gasteiger partial charge in [-0.25, -0.2) is 9.97 Å². The molecule has 1 saturated heterocycles. The molecule has 0 radical (unpaired) electrons. The third-order valence-electron chi connectivity index (χ3n) is 4.60. The summed E-state index contributed by atoms with van der Waals surface area (Å²) < 4.78 is 7.47. The van der Waals surface area contributed by atoms with Crippen LogP contribution in [0.15, 0.2) is 42.9 Å². The maximum absolute atomic E-state index is 10.7. The van der Waals surface area contributed by atoms with E-state index in [0.717, 1.165) is 41.4 Å². The molecule has 1 aromatic carbocycles. The van der Waals surface area contributed by atoms with Crippen LogP contribution in [-0.2, 0) is 16.0 Å². The molecule has 7 nitrogen and oxygen atoms in total. The standard InChI is InChI=1S/C19H20N4O3/c24-17(25)6-3-14-1-4-15(5-2-14)16-13-21-18(19-20-7-8-23(16)19)22-9-11-26-12-10-22/h1-2,4-5,7-8,13H,3,6,9-12H2,(H,24,25). The van der Waals surface area contributed by atoms with Crippen molar-refractivity contribution in [3.8, 4) is 11.3 Å². The van der Waals surface area contributed by atoms with E-state index in [4.69, 9.17) is 9.84 Å². The van der Waals surface area contributed by atoms with Crippen molar-refractivity contribution in [3.63, 3.8) is 0 Å². The molecule has 1 fully saturated rings. The number of morpholine rings is 1. The number of fused-ring (bicyclic) bond motifs is 1. The Morgan fingerprint density at radius 1 is 1.15 bits per heavy atom. The van der Waals surface area contributed by atoms with Crippen LogP contribution in [0.2, 0.25) is 0 Å². The number of nitrogens with zero attached hydrogens (tertiary/aromatic N) is 4. The number of imidazole rings is 1. The average Bonchev–Trinajstić information content (AvgIpc) is 3.17. The van der Waals surface area contributed by atoms with E-state index in [1.807, 2.05) is 41.1 Å². The maximum Gasteiger partial charge on any atom is 0.303 e. The molecule has 0 amide bonds. The molecule has 4 rings (SSSR count). The molecule has 0 aliphatic carbocycles.